The minimum absolute atomic E-state index is 0.396. The van der Waals surface area contributed by atoms with Gasteiger partial charge in [-0.15, -0.1) is 0 Å². The van der Waals surface area contributed by atoms with Gasteiger partial charge in [0.1, 0.15) is 5.75 Å². The molecule has 1 aliphatic rings. The molecule has 0 amide bonds. The predicted molar refractivity (Wildman–Crippen MR) is 92.9 cm³/mol. The van der Waals surface area contributed by atoms with Crippen LogP contribution in [0.25, 0.3) is 0 Å². The SMILES string of the molecule is CCNCc1cc(Br)cc(C)c1OC1CCC(CC)CC1. The zero-order valence-corrected chi connectivity index (χ0v) is 15.1. The van der Waals surface area contributed by atoms with Gasteiger partial charge in [0.15, 0.2) is 0 Å². The highest BCUT2D eigenvalue weighted by molar-refractivity contribution is 9.10. The standard InChI is InChI=1S/C18H28BrNO/c1-4-14-6-8-17(9-7-14)21-18-13(3)10-16(19)11-15(18)12-20-5-2/h10-11,14,17,20H,4-9,12H2,1-3H3. The van der Waals surface area contributed by atoms with Gasteiger partial charge >= 0.3 is 0 Å². The van der Waals surface area contributed by atoms with Crippen molar-refractivity contribution in [3.8, 4) is 5.75 Å². The summed E-state index contributed by atoms with van der Waals surface area (Å²) in [5.41, 5.74) is 2.50. The van der Waals surface area contributed by atoms with Crippen LogP contribution < -0.4 is 10.1 Å². The van der Waals surface area contributed by atoms with Crippen molar-refractivity contribution in [1.29, 1.82) is 0 Å². The highest BCUT2D eigenvalue weighted by Crippen LogP contribution is 2.33. The maximum absolute atomic E-state index is 6.40. The van der Waals surface area contributed by atoms with Crippen LogP contribution in [0.1, 0.15) is 57.1 Å². The second kappa shape index (κ2) is 8.19. The van der Waals surface area contributed by atoms with Crippen molar-refractivity contribution in [2.24, 2.45) is 5.92 Å². The van der Waals surface area contributed by atoms with Crippen molar-refractivity contribution in [1.82, 2.24) is 5.32 Å². The van der Waals surface area contributed by atoms with Gasteiger partial charge in [-0.3, -0.25) is 0 Å². The van der Waals surface area contributed by atoms with Gasteiger partial charge in [0.2, 0.25) is 0 Å². The number of aryl methyl sites for hydroxylation is 1. The van der Waals surface area contributed by atoms with Crippen molar-refractivity contribution in [3.05, 3.63) is 27.7 Å². The van der Waals surface area contributed by atoms with E-state index in [-0.39, 0.29) is 0 Å². The molecule has 1 fully saturated rings. The van der Waals surface area contributed by atoms with Crippen molar-refractivity contribution in [3.63, 3.8) is 0 Å². The first-order valence-electron chi connectivity index (χ1n) is 8.30. The number of rotatable bonds is 6. The Kier molecular flexibility index (Phi) is 6.56. The first-order valence-corrected chi connectivity index (χ1v) is 9.09. The van der Waals surface area contributed by atoms with Crippen molar-refractivity contribution in [2.45, 2.75) is 65.5 Å². The number of benzene rings is 1. The Labute approximate surface area is 137 Å². The van der Waals surface area contributed by atoms with Crippen LogP contribution in [0.2, 0.25) is 0 Å². The molecule has 1 aromatic rings. The zero-order valence-electron chi connectivity index (χ0n) is 13.5. The van der Waals surface area contributed by atoms with E-state index in [0.717, 1.165) is 29.2 Å². The molecule has 0 unspecified atom stereocenters. The first-order chi connectivity index (χ1) is 10.1. The van der Waals surface area contributed by atoms with Crippen LogP contribution in [0.4, 0.5) is 0 Å². The van der Waals surface area contributed by atoms with E-state index in [1.807, 2.05) is 0 Å². The molecule has 0 aliphatic heterocycles. The van der Waals surface area contributed by atoms with E-state index in [1.165, 1.54) is 43.2 Å². The van der Waals surface area contributed by atoms with Gasteiger partial charge in [-0.2, -0.15) is 0 Å². The first kappa shape index (κ1) is 16.8. The van der Waals surface area contributed by atoms with Crippen LogP contribution in [0.3, 0.4) is 0 Å². The summed E-state index contributed by atoms with van der Waals surface area (Å²) in [6.45, 7) is 8.44. The molecule has 0 saturated heterocycles. The fraction of sp³-hybridized carbons (Fsp3) is 0.667. The molecule has 118 valence electrons. The molecular formula is C18H28BrNO. The average molecular weight is 354 g/mol. The van der Waals surface area contributed by atoms with Crippen molar-refractivity contribution < 1.29 is 4.74 Å². The average Bonchev–Trinajstić information content (AvgIpc) is 2.48. The van der Waals surface area contributed by atoms with Gasteiger partial charge in [-0.25, -0.2) is 0 Å². The third-order valence-corrected chi connectivity index (χ3v) is 5.00. The van der Waals surface area contributed by atoms with Gasteiger partial charge in [-0.1, -0.05) is 36.2 Å². The maximum atomic E-state index is 6.40. The Morgan fingerprint density at radius 1 is 1.19 bits per heavy atom. The molecule has 1 aromatic carbocycles. The molecule has 1 saturated carbocycles. The minimum Gasteiger partial charge on any atom is -0.490 e. The van der Waals surface area contributed by atoms with E-state index in [9.17, 15) is 0 Å². The summed E-state index contributed by atoms with van der Waals surface area (Å²) in [5.74, 6) is 2.01. The van der Waals surface area contributed by atoms with E-state index in [0.29, 0.717) is 6.10 Å². The Morgan fingerprint density at radius 2 is 1.90 bits per heavy atom. The van der Waals surface area contributed by atoms with Crippen LogP contribution in [0.5, 0.6) is 5.75 Å². The van der Waals surface area contributed by atoms with Gasteiger partial charge in [0, 0.05) is 16.6 Å². The highest BCUT2D eigenvalue weighted by atomic mass is 79.9. The normalized spacial score (nSPS) is 22.3. The van der Waals surface area contributed by atoms with E-state index in [2.05, 4.69) is 54.2 Å². The summed E-state index contributed by atoms with van der Waals surface area (Å²) in [5, 5.41) is 3.41. The topological polar surface area (TPSA) is 21.3 Å². The number of nitrogens with one attached hydrogen (secondary N) is 1. The lowest BCUT2D eigenvalue weighted by atomic mass is 9.86. The number of hydrogen-bond donors (Lipinski definition) is 1. The summed E-state index contributed by atoms with van der Waals surface area (Å²) in [6.07, 6.45) is 6.76. The summed E-state index contributed by atoms with van der Waals surface area (Å²) in [7, 11) is 0. The molecule has 0 radical (unpaired) electrons. The van der Waals surface area contributed by atoms with Gasteiger partial charge < -0.3 is 10.1 Å². The molecule has 1 N–H and O–H groups in total. The predicted octanol–water partition coefficient (Wildman–Crippen LogP) is 5.21. The van der Waals surface area contributed by atoms with E-state index >= 15 is 0 Å². The molecule has 1 aliphatic carbocycles. The molecule has 2 nitrogen and oxygen atoms in total. The molecule has 0 spiro atoms. The number of ether oxygens (including phenoxy) is 1. The van der Waals surface area contributed by atoms with Crippen molar-refractivity contribution in [2.75, 3.05) is 6.54 Å². The Morgan fingerprint density at radius 3 is 2.52 bits per heavy atom. The zero-order chi connectivity index (χ0) is 15.2. The van der Waals surface area contributed by atoms with E-state index in [4.69, 9.17) is 4.74 Å². The van der Waals surface area contributed by atoms with Gasteiger partial charge in [0.05, 0.1) is 6.10 Å². The molecule has 0 heterocycles. The van der Waals surface area contributed by atoms with Crippen LogP contribution in [0, 0.1) is 12.8 Å². The second-order valence-electron chi connectivity index (χ2n) is 6.16. The quantitative estimate of drug-likeness (QED) is 0.757. The van der Waals surface area contributed by atoms with Crippen LogP contribution in [0.15, 0.2) is 16.6 Å². The van der Waals surface area contributed by atoms with Crippen LogP contribution in [-0.2, 0) is 6.54 Å². The lowest BCUT2D eigenvalue weighted by molar-refractivity contribution is 0.128. The fourth-order valence-corrected chi connectivity index (χ4v) is 3.80. The molecule has 2 rings (SSSR count). The largest absolute Gasteiger partial charge is 0.490 e. The lowest BCUT2D eigenvalue weighted by Crippen LogP contribution is -2.25. The second-order valence-corrected chi connectivity index (χ2v) is 7.08. The summed E-state index contributed by atoms with van der Waals surface area (Å²) in [6, 6.07) is 4.34. The Bertz CT molecular complexity index is 453. The summed E-state index contributed by atoms with van der Waals surface area (Å²) < 4.78 is 7.54. The molecular weight excluding hydrogens is 326 g/mol. The van der Waals surface area contributed by atoms with Gasteiger partial charge in [-0.05, 0) is 62.8 Å². The van der Waals surface area contributed by atoms with Crippen molar-refractivity contribution >= 4 is 15.9 Å². The van der Waals surface area contributed by atoms with E-state index in [1.54, 1.807) is 0 Å². The van der Waals surface area contributed by atoms with Crippen LogP contribution in [-0.4, -0.2) is 12.6 Å². The third-order valence-electron chi connectivity index (χ3n) is 4.54. The lowest BCUT2D eigenvalue weighted by Gasteiger charge is -2.29. The number of halogens is 1. The summed E-state index contributed by atoms with van der Waals surface area (Å²) >= 11 is 3.60. The fourth-order valence-electron chi connectivity index (χ4n) is 3.18. The minimum atomic E-state index is 0.396. The molecule has 0 aromatic heterocycles. The van der Waals surface area contributed by atoms with E-state index < -0.39 is 0 Å². The maximum Gasteiger partial charge on any atom is 0.127 e. The Balaban J connectivity index is 2.07. The number of hydrogen-bond acceptors (Lipinski definition) is 2. The molecule has 0 bridgehead atoms. The smallest absolute Gasteiger partial charge is 0.127 e. The third kappa shape index (κ3) is 4.72. The molecule has 0 atom stereocenters. The monoisotopic (exact) mass is 353 g/mol. The van der Waals surface area contributed by atoms with Gasteiger partial charge in [0.25, 0.3) is 0 Å². The molecule has 21 heavy (non-hydrogen) atoms. The molecule has 3 heteroatoms. The Hall–Kier alpha value is -0.540. The van der Waals surface area contributed by atoms with Crippen LogP contribution >= 0.6 is 15.9 Å². The summed E-state index contributed by atoms with van der Waals surface area (Å²) in [4.78, 5) is 0. The highest BCUT2D eigenvalue weighted by Gasteiger charge is 2.22.